The van der Waals surface area contributed by atoms with Gasteiger partial charge in [-0.2, -0.15) is 4.31 Å². The number of halogens is 1. The molecule has 0 saturated carbocycles. The minimum absolute atomic E-state index is 0.0183. The Balaban J connectivity index is 1.47. The molecule has 0 spiro atoms. The third kappa shape index (κ3) is 4.11. The predicted octanol–water partition coefficient (Wildman–Crippen LogP) is 2.61. The van der Waals surface area contributed by atoms with Gasteiger partial charge in [0.05, 0.1) is 16.8 Å². The monoisotopic (exact) mass is 418 g/mol. The van der Waals surface area contributed by atoms with E-state index in [0.717, 1.165) is 43.9 Å². The molecule has 2 fully saturated rings. The Bertz CT molecular complexity index is 974. The van der Waals surface area contributed by atoms with Crippen LogP contribution >= 0.6 is 0 Å². The van der Waals surface area contributed by atoms with Crippen molar-refractivity contribution in [1.82, 2.24) is 9.29 Å². The van der Waals surface area contributed by atoms with Crippen LogP contribution in [0.3, 0.4) is 0 Å². The minimum atomic E-state index is -3.88. The SMILES string of the molecule is O=C(Nc1ccc(N2CCCC2)nc1)[C@H]1CCCN1S(=O)(=O)c1ccc(F)cc1. The number of carbonyl (C=O) groups is 1. The van der Waals surface area contributed by atoms with E-state index >= 15 is 0 Å². The van der Waals surface area contributed by atoms with E-state index in [4.69, 9.17) is 0 Å². The maximum absolute atomic E-state index is 13.1. The molecular weight excluding hydrogens is 395 g/mol. The molecule has 2 aliphatic heterocycles. The van der Waals surface area contributed by atoms with Gasteiger partial charge in [0, 0.05) is 19.6 Å². The van der Waals surface area contributed by atoms with E-state index in [-0.39, 0.29) is 17.3 Å². The van der Waals surface area contributed by atoms with Crippen LogP contribution in [0.2, 0.25) is 0 Å². The van der Waals surface area contributed by atoms with Crippen molar-refractivity contribution in [2.75, 3.05) is 29.9 Å². The summed E-state index contributed by atoms with van der Waals surface area (Å²) in [6, 6.07) is 7.49. The van der Waals surface area contributed by atoms with Crippen LogP contribution in [-0.4, -0.2) is 49.3 Å². The number of hydrogen-bond donors (Lipinski definition) is 1. The van der Waals surface area contributed by atoms with Crippen molar-refractivity contribution in [1.29, 1.82) is 0 Å². The van der Waals surface area contributed by atoms with Gasteiger partial charge in [-0.15, -0.1) is 0 Å². The molecule has 1 atom stereocenters. The summed E-state index contributed by atoms with van der Waals surface area (Å²) in [5.41, 5.74) is 0.531. The van der Waals surface area contributed by atoms with Gasteiger partial charge in [-0.05, 0) is 62.1 Å². The summed E-state index contributed by atoms with van der Waals surface area (Å²) in [4.78, 5) is 19.4. The Hall–Kier alpha value is -2.52. The number of aromatic nitrogens is 1. The zero-order valence-electron chi connectivity index (χ0n) is 15.9. The third-order valence-corrected chi connectivity index (χ3v) is 7.29. The number of anilines is 2. The fourth-order valence-electron chi connectivity index (χ4n) is 3.85. The summed E-state index contributed by atoms with van der Waals surface area (Å²) in [5, 5.41) is 2.78. The molecule has 0 bridgehead atoms. The van der Waals surface area contributed by atoms with E-state index in [0.29, 0.717) is 18.5 Å². The minimum Gasteiger partial charge on any atom is -0.357 e. The normalized spacial score (nSPS) is 20.2. The summed E-state index contributed by atoms with van der Waals surface area (Å²) in [5.74, 6) is -0.0182. The lowest BCUT2D eigenvalue weighted by Crippen LogP contribution is -2.43. The van der Waals surface area contributed by atoms with Crippen molar-refractivity contribution in [2.45, 2.75) is 36.6 Å². The maximum atomic E-state index is 13.1. The Morgan fingerprint density at radius 3 is 2.41 bits per heavy atom. The van der Waals surface area contributed by atoms with Gasteiger partial charge in [0.25, 0.3) is 0 Å². The van der Waals surface area contributed by atoms with Crippen molar-refractivity contribution in [3.05, 3.63) is 48.4 Å². The van der Waals surface area contributed by atoms with Crippen LogP contribution in [0.15, 0.2) is 47.5 Å². The Labute approximate surface area is 169 Å². The van der Waals surface area contributed by atoms with E-state index in [2.05, 4.69) is 15.2 Å². The molecule has 2 saturated heterocycles. The first-order chi connectivity index (χ1) is 13.9. The van der Waals surface area contributed by atoms with E-state index < -0.39 is 21.9 Å². The van der Waals surface area contributed by atoms with Gasteiger partial charge in [0.2, 0.25) is 15.9 Å². The largest absolute Gasteiger partial charge is 0.357 e. The third-order valence-electron chi connectivity index (χ3n) is 5.37. The van der Waals surface area contributed by atoms with E-state index in [1.807, 2.05) is 6.07 Å². The van der Waals surface area contributed by atoms with E-state index in [1.165, 1.54) is 16.4 Å². The van der Waals surface area contributed by atoms with Crippen LogP contribution in [0.1, 0.15) is 25.7 Å². The number of hydrogen-bond acceptors (Lipinski definition) is 5. The number of benzene rings is 1. The van der Waals surface area contributed by atoms with Crippen LogP contribution in [0.4, 0.5) is 15.9 Å². The summed E-state index contributed by atoms with van der Waals surface area (Å²) < 4.78 is 40.2. The van der Waals surface area contributed by atoms with Gasteiger partial charge in [-0.25, -0.2) is 17.8 Å². The molecule has 2 aliphatic rings. The maximum Gasteiger partial charge on any atom is 0.243 e. The molecule has 4 rings (SSSR count). The summed E-state index contributed by atoms with van der Waals surface area (Å²) in [7, 11) is -3.88. The van der Waals surface area contributed by atoms with Crippen LogP contribution in [0.5, 0.6) is 0 Å². The highest BCUT2D eigenvalue weighted by atomic mass is 32.2. The molecule has 1 aromatic heterocycles. The van der Waals surface area contributed by atoms with Crippen LogP contribution in [0.25, 0.3) is 0 Å². The van der Waals surface area contributed by atoms with E-state index in [9.17, 15) is 17.6 Å². The molecule has 1 amide bonds. The van der Waals surface area contributed by atoms with Crippen LogP contribution in [-0.2, 0) is 14.8 Å². The fraction of sp³-hybridized carbons (Fsp3) is 0.400. The molecular formula is C20H23FN4O3S. The Kier molecular flexibility index (Phi) is 5.51. The molecule has 2 aromatic rings. The number of sulfonamides is 1. The average Bonchev–Trinajstić information content (AvgIpc) is 3.41. The number of carbonyl (C=O) groups excluding carboxylic acids is 1. The van der Waals surface area contributed by atoms with Crippen molar-refractivity contribution < 1.29 is 17.6 Å². The molecule has 1 aromatic carbocycles. The zero-order valence-corrected chi connectivity index (χ0v) is 16.7. The summed E-state index contributed by atoms with van der Waals surface area (Å²) in [6.07, 6.45) is 4.93. The lowest BCUT2D eigenvalue weighted by Gasteiger charge is -2.23. The first-order valence-corrected chi connectivity index (χ1v) is 11.2. The Morgan fingerprint density at radius 1 is 1.03 bits per heavy atom. The number of nitrogens with one attached hydrogen (secondary N) is 1. The quantitative estimate of drug-likeness (QED) is 0.807. The first-order valence-electron chi connectivity index (χ1n) is 9.74. The molecule has 0 unspecified atom stereocenters. The van der Waals surface area contributed by atoms with Gasteiger partial charge in [-0.1, -0.05) is 0 Å². The lowest BCUT2D eigenvalue weighted by atomic mass is 10.2. The molecule has 3 heterocycles. The summed E-state index contributed by atoms with van der Waals surface area (Å²) >= 11 is 0. The highest BCUT2D eigenvalue weighted by Crippen LogP contribution is 2.27. The number of rotatable bonds is 5. The van der Waals surface area contributed by atoms with Gasteiger partial charge in [-0.3, -0.25) is 4.79 Å². The zero-order chi connectivity index (χ0) is 20.4. The highest BCUT2D eigenvalue weighted by molar-refractivity contribution is 7.89. The second kappa shape index (κ2) is 8.08. The molecule has 0 aliphatic carbocycles. The van der Waals surface area contributed by atoms with Gasteiger partial charge >= 0.3 is 0 Å². The molecule has 1 N–H and O–H groups in total. The number of amides is 1. The number of nitrogens with zero attached hydrogens (tertiary/aromatic N) is 3. The van der Waals surface area contributed by atoms with Gasteiger partial charge in [0.1, 0.15) is 17.7 Å². The fourth-order valence-corrected chi connectivity index (χ4v) is 5.51. The molecule has 0 radical (unpaired) electrons. The van der Waals surface area contributed by atoms with Crippen molar-refractivity contribution in [2.24, 2.45) is 0 Å². The summed E-state index contributed by atoms with van der Waals surface area (Å²) in [6.45, 7) is 2.22. The predicted molar refractivity (Wildman–Crippen MR) is 108 cm³/mol. The van der Waals surface area contributed by atoms with Crippen molar-refractivity contribution in [3.8, 4) is 0 Å². The first kappa shape index (κ1) is 19.8. The van der Waals surface area contributed by atoms with Crippen LogP contribution in [0, 0.1) is 5.82 Å². The molecule has 7 nitrogen and oxygen atoms in total. The second-order valence-electron chi connectivity index (χ2n) is 7.32. The second-order valence-corrected chi connectivity index (χ2v) is 9.21. The highest BCUT2D eigenvalue weighted by Gasteiger charge is 2.39. The Morgan fingerprint density at radius 2 is 1.76 bits per heavy atom. The van der Waals surface area contributed by atoms with Crippen molar-refractivity contribution >= 4 is 27.4 Å². The average molecular weight is 418 g/mol. The van der Waals surface area contributed by atoms with Crippen molar-refractivity contribution in [3.63, 3.8) is 0 Å². The lowest BCUT2D eigenvalue weighted by molar-refractivity contribution is -0.119. The smallest absolute Gasteiger partial charge is 0.243 e. The van der Waals surface area contributed by atoms with Gasteiger partial charge < -0.3 is 10.2 Å². The number of pyridine rings is 1. The van der Waals surface area contributed by atoms with E-state index in [1.54, 1.807) is 12.3 Å². The topological polar surface area (TPSA) is 82.6 Å². The molecule has 29 heavy (non-hydrogen) atoms. The van der Waals surface area contributed by atoms with Crippen LogP contribution < -0.4 is 10.2 Å². The molecule has 154 valence electrons. The standard InChI is InChI=1S/C20H23FN4O3S/c21-15-5-8-17(9-6-15)29(27,28)25-13-3-4-18(25)20(26)23-16-7-10-19(22-14-16)24-11-1-2-12-24/h5-10,14,18H,1-4,11-13H2,(H,23,26)/t18-/m1/s1. The van der Waals surface area contributed by atoms with Gasteiger partial charge in [0.15, 0.2) is 0 Å². The molecule has 9 heteroatoms.